The molecule has 32 heavy (non-hydrogen) atoms. The molecule has 1 aliphatic carbocycles. The van der Waals surface area contributed by atoms with Gasteiger partial charge >= 0.3 is 0 Å². The van der Waals surface area contributed by atoms with E-state index in [4.69, 9.17) is 9.26 Å². The van der Waals surface area contributed by atoms with Gasteiger partial charge in [0.05, 0.1) is 13.2 Å². The van der Waals surface area contributed by atoms with Crippen molar-refractivity contribution in [3.8, 4) is 5.75 Å². The Morgan fingerprint density at radius 2 is 1.84 bits per heavy atom. The molecule has 1 unspecified atom stereocenters. The third kappa shape index (κ3) is 6.08. The van der Waals surface area contributed by atoms with Crippen molar-refractivity contribution in [2.75, 3.05) is 7.11 Å². The predicted octanol–water partition coefficient (Wildman–Crippen LogP) is 3.96. The second-order valence-corrected chi connectivity index (χ2v) is 8.49. The van der Waals surface area contributed by atoms with Crippen LogP contribution in [0.5, 0.6) is 5.75 Å². The quantitative estimate of drug-likeness (QED) is 0.569. The highest BCUT2D eigenvalue weighted by atomic mass is 16.5. The number of nitrogens with one attached hydrogen (secondary N) is 2. The predicted molar refractivity (Wildman–Crippen MR) is 120 cm³/mol. The first kappa shape index (κ1) is 23.8. The lowest BCUT2D eigenvalue weighted by Gasteiger charge is -2.30. The van der Waals surface area contributed by atoms with E-state index < -0.39 is 5.54 Å². The lowest BCUT2D eigenvalue weighted by atomic mass is 9.89. The summed E-state index contributed by atoms with van der Waals surface area (Å²) in [5, 5.41) is 10.3. The number of ether oxygens (including phenoxy) is 1. The minimum Gasteiger partial charge on any atom is -0.497 e. The molecule has 0 bridgehead atoms. The molecule has 8 heteroatoms. The van der Waals surface area contributed by atoms with E-state index in [0.717, 1.165) is 56.3 Å². The van der Waals surface area contributed by atoms with Crippen molar-refractivity contribution in [2.24, 2.45) is 0 Å². The van der Waals surface area contributed by atoms with Crippen molar-refractivity contribution < 1.29 is 18.8 Å². The van der Waals surface area contributed by atoms with Crippen LogP contribution in [0.2, 0.25) is 0 Å². The van der Waals surface area contributed by atoms with E-state index in [-0.39, 0.29) is 24.3 Å². The van der Waals surface area contributed by atoms with Gasteiger partial charge in [0.25, 0.3) is 0 Å². The van der Waals surface area contributed by atoms with E-state index in [1.165, 1.54) is 6.92 Å². The molecular formula is C24H34N4O4. The van der Waals surface area contributed by atoms with Crippen LogP contribution in [-0.4, -0.2) is 29.1 Å². The normalized spacial score (nSPS) is 16.6. The fourth-order valence-electron chi connectivity index (χ4n) is 4.37. The topological polar surface area (TPSA) is 106 Å². The molecule has 174 valence electrons. The van der Waals surface area contributed by atoms with Crippen LogP contribution in [0.25, 0.3) is 0 Å². The van der Waals surface area contributed by atoms with Crippen molar-refractivity contribution in [1.29, 1.82) is 0 Å². The highest BCUT2D eigenvalue weighted by molar-refractivity contribution is 5.76. The number of nitrogens with zero attached hydrogens (tertiary/aromatic N) is 2. The number of amides is 2. The van der Waals surface area contributed by atoms with Crippen molar-refractivity contribution >= 4 is 11.8 Å². The molecule has 0 saturated heterocycles. The van der Waals surface area contributed by atoms with Gasteiger partial charge in [0.2, 0.25) is 17.7 Å². The number of methoxy groups -OCH3 is 1. The second-order valence-electron chi connectivity index (χ2n) is 8.49. The maximum atomic E-state index is 12.6. The summed E-state index contributed by atoms with van der Waals surface area (Å²) in [6.45, 7) is 3.55. The molecule has 0 radical (unpaired) electrons. The Morgan fingerprint density at radius 1 is 1.16 bits per heavy atom. The van der Waals surface area contributed by atoms with Crippen LogP contribution in [0.15, 0.2) is 28.8 Å². The monoisotopic (exact) mass is 442 g/mol. The number of benzene rings is 1. The molecule has 1 fully saturated rings. The number of carbonyl (C=O) groups excluding carboxylic acids is 2. The molecule has 2 aromatic rings. The van der Waals surface area contributed by atoms with E-state index >= 15 is 0 Å². The molecule has 3 rings (SSSR count). The molecular weight excluding hydrogens is 408 g/mol. The number of hydrogen-bond acceptors (Lipinski definition) is 6. The number of rotatable bonds is 9. The molecule has 1 aromatic carbocycles. The van der Waals surface area contributed by atoms with Gasteiger partial charge in [0.15, 0.2) is 5.82 Å². The molecule has 1 heterocycles. The zero-order valence-electron chi connectivity index (χ0n) is 19.3. The third-order valence-corrected chi connectivity index (χ3v) is 6.10. The van der Waals surface area contributed by atoms with Crippen molar-refractivity contribution in [3.05, 3.63) is 41.5 Å². The van der Waals surface area contributed by atoms with Crippen molar-refractivity contribution in [1.82, 2.24) is 20.8 Å². The Morgan fingerprint density at radius 3 is 2.44 bits per heavy atom. The number of aryl methyl sites for hydroxylation is 1. The van der Waals surface area contributed by atoms with E-state index in [2.05, 4.69) is 20.8 Å². The number of carbonyl (C=O) groups is 2. The van der Waals surface area contributed by atoms with Gasteiger partial charge in [-0.1, -0.05) is 49.9 Å². The zero-order chi connectivity index (χ0) is 23.0. The summed E-state index contributed by atoms with van der Waals surface area (Å²) in [4.78, 5) is 29.0. The molecule has 1 aromatic heterocycles. The average Bonchev–Trinajstić information content (AvgIpc) is 3.16. The van der Waals surface area contributed by atoms with Crippen LogP contribution in [0, 0.1) is 0 Å². The van der Waals surface area contributed by atoms with E-state index in [1.807, 2.05) is 31.2 Å². The van der Waals surface area contributed by atoms with Gasteiger partial charge < -0.3 is 19.9 Å². The minimum absolute atomic E-state index is 0.0688. The molecule has 2 amide bonds. The summed E-state index contributed by atoms with van der Waals surface area (Å²) in [6, 6.07) is 7.64. The van der Waals surface area contributed by atoms with Crippen molar-refractivity contribution in [2.45, 2.75) is 83.2 Å². The highest BCUT2D eigenvalue weighted by Crippen LogP contribution is 2.34. The fraction of sp³-hybridized carbons (Fsp3) is 0.583. The van der Waals surface area contributed by atoms with Gasteiger partial charge in [-0.15, -0.1) is 0 Å². The lowest BCUT2D eigenvalue weighted by Crippen LogP contribution is -2.45. The van der Waals surface area contributed by atoms with Gasteiger partial charge in [-0.2, -0.15) is 4.98 Å². The molecule has 0 spiro atoms. The fourth-order valence-corrected chi connectivity index (χ4v) is 4.37. The first-order valence-electron chi connectivity index (χ1n) is 11.5. The molecule has 2 N–H and O–H groups in total. The Balaban J connectivity index is 1.60. The molecule has 8 nitrogen and oxygen atoms in total. The summed E-state index contributed by atoms with van der Waals surface area (Å²) in [5.41, 5.74) is 0.459. The summed E-state index contributed by atoms with van der Waals surface area (Å²) < 4.78 is 10.6. The van der Waals surface area contributed by atoms with E-state index in [1.54, 1.807) is 7.11 Å². The summed E-state index contributed by atoms with van der Waals surface area (Å²) in [7, 11) is 1.63. The van der Waals surface area contributed by atoms with Crippen LogP contribution in [0.1, 0.15) is 88.5 Å². The van der Waals surface area contributed by atoms with Crippen LogP contribution in [0.4, 0.5) is 0 Å². The lowest BCUT2D eigenvalue weighted by molar-refractivity contribution is -0.122. The van der Waals surface area contributed by atoms with Gasteiger partial charge in [-0.3, -0.25) is 9.59 Å². The van der Waals surface area contributed by atoms with Gasteiger partial charge in [0, 0.05) is 19.8 Å². The van der Waals surface area contributed by atoms with E-state index in [0.29, 0.717) is 18.1 Å². The Labute approximate surface area is 189 Å². The number of hydrogen-bond donors (Lipinski definition) is 2. The standard InChI is InChI=1S/C24H34N4O4/c1-4-20(18-9-11-19(31-3)12-10-18)25-21(30)13-14-22-26-23(28-32-22)24(27-17(2)29)15-7-5-6-8-16-24/h9-12,20H,4-8,13-16H2,1-3H3,(H,25,30)(H,27,29). The third-order valence-electron chi connectivity index (χ3n) is 6.10. The number of aromatic nitrogens is 2. The second kappa shape index (κ2) is 11.1. The Kier molecular flexibility index (Phi) is 8.25. The largest absolute Gasteiger partial charge is 0.497 e. The van der Waals surface area contributed by atoms with Gasteiger partial charge in [-0.25, -0.2) is 0 Å². The van der Waals surface area contributed by atoms with Gasteiger partial charge in [0.1, 0.15) is 11.3 Å². The Hall–Kier alpha value is -2.90. The molecule has 0 aliphatic heterocycles. The smallest absolute Gasteiger partial charge is 0.227 e. The first-order chi connectivity index (χ1) is 15.5. The van der Waals surface area contributed by atoms with Crippen molar-refractivity contribution in [3.63, 3.8) is 0 Å². The summed E-state index contributed by atoms with van der Waals surface area (Å²) >= 11 is 0. The maximum Gasteiger partial charge on any atom is 0.227 e. The summed E-state index contributed by atoms with van der Waals surface area (Å²) in [6.07, 6.45) is 7.28. The van der Waals surface area contributed by atoms with Crippen LogP contribution in [-0.2, 0) is 21.5 Å². The first-order valence-corrected chi connectivity index (χ1v) is 11.5. The SMILES string of the molecule is CCC(NC(=O)CCc1nc(C2(NC(C)=O)CCCCCC2)no1)c1ccc(OC)cc1. The van der Waals surface area contributed by atoms with Crippen LogP contribution in [0.3, 0.4) is 0 Å². The minimum atomic E-state index is -0.575. The maximum absolute atomic E-state index is 12.6. The van der Waals surface area contributed by atoms with Gasteiger partial charge in [-0.05, 0) is 37.0 Å². The average molecular weight is 443 g/mol. The molecule has 1 aliphatic rings. The van der Waals surface area contributed by atoms with Crippen LogP contribution < -0.4 is 15.4 Å². The highest BCUT2D eigenvalue weighted by Gasteiger charge is 2.38. The molecule has 1 atom stereocenters. The zero-order valence-corrected chi connectivity index (χ0v) is 19.3. The van der Waals surface area contributed by atoms with Crippen LogP contribution >= 0.6 is 0 Å². The van der Waals surface area contributed by atoms with E-state index in [9.17, 15) is 9.59 Å². The summed E-state index contributed by atoms with van der Waals surface area (Å²) in [5.74, 6) is 1.56. The molecule has 1 saturated carbocycles. The Bertz CT molecular complexity index is 886.